The molecular formula is C7H15NOS2. The maximum atomic E-state index is 8.75. The molecule has 4 heteroatoms. The zero-order valence-electron chi connectivity index (χ0n) is 7.13. The molecule has 1 atom stereocenters. The Morgan fingerprint density at radius 1 is 1.64 bits per heavy atom. The average Bonchev–Trinajstić information content (AvgIpc) is 1.88. The second-order valence-corrected chi connectivity index (χ2v) is 5.19. The first kappa shape index (κ1) is 11.4. The standard InChI is InChI=1S/C7H15NOS2/c1-7(2,3)11-8-6(4-9)5-10/h5-6,8-9H,4H2,1-3H3/t6-/m1/s1. The van der Waals surface area contributed by atoms with E-state index in [9.17, 15) is 0 Å². The van der Waals surface area contributed by atoms with Crippen LogP contribution in [0.5, 0.6) is 0 Å². The summed E-state index contributed by atoms with van der Waals surface area (Å²) in [4.78, 5) is 0. The Morgan fingerprint density at radius 2 is 2.18 bits per heavy atom. The topological polar surface area (TPSA) is 32.3 Å². The molecule has 0 amide bonds. The molecule has 11 heavy (non-hydrogen) atoms. The van der Waals surface area contributed by atoms with Crippen LogP contribution in [0.15, 0.2) is 0 Å². The van der Waals surface area contributed by atoms with E-state index in [1.54, 1.807) is 17.3 Å². The molecule has 0 saturated heterocycles. The molecular weight excluding hydrogens is 178 g/mol. The number of rotatable bonds is 4. The third kappa shape index (κ3) is 6.75. The predicted molar refractivity (Wildman–Crippen MR) is 55.0 cm³/mol. The molecule has 0 aliphatic rings. The van der Waals surface area contributed by atoms with E-state index in [0.29, 0.717) is 0 Å². The third-order valence-corrected chi connectivity index (χ3v) is 2.24. The van der Waals surface area contributed by atoms with Crippen LogP contribution in [-0.4, -0.2) is 27.9 Å². The van der Waals surface area contributed by atoms with Crippen LogP contribution in [0.3, 0.4) is 0 Å². The fourth-order valence-corrected chi connectivity index (χ4v) is 1.25. The minimum Gasteiger partial charge on any atom is -0.394 e. The predicted octanol–water partition coefficient (Wildman–Crippen LogP) is 1.38. The molecule has 0 aromatic carbocycles. The molecule has 0 bridgehead atoms. The molecule has 0 aliphatic heterocycles. The molecule has 0 saturated carbocycles. The number of hydrogen-bond acceptors (Lipinski definition) is 4. The van der Waals surface area contributed by atoms with Crippen LogP contribution in [0.4, 0.5) is 0 Å². The highest BCUT2D eigenvalue weighted by Crippen LogP contribution is 2.19. The monoisotopic (exact) mass is 193 g/mol. The largest absolute Gasteiger partial charge is 0.394 e. The zero-order chi connectivity index (χ0) is 8.91. The van der Waals surface area contributed by atoms with E-state index in [0.717, 1.165) is 0 Å². The SMILES string of the molecule is CC(C)(C)SN[C@@H](C=S)CO. The van der Waals surface area contributed by atoms with Crippen LogP contribution in [-0.2, 0) is 0 Å². The molecule has 0 aromatic heterocycles. The fourth-order valence-electron chi connectivity index (χ4n) is 0.361. The lowest BCUT2D eigenvalue weighted by molar-refractivity contribution is 0.287. The second-order valence-electron chi connectivity index (χ2n) is 3.26. The number of thiocarbonyl (C=S) groups is 1. The molecule has 0 fully saturated rings. The van der Waals surface area contributed by atoms with Gasteiger partial charge in [-0.2, -0.15) is 0 Å². The van der Waals surface area contributed by atoms with E-state index in [-0.39, 0.29) is 17.4 Å². The maximum absolute atomic E-state index is 8.75. The van der Waals surface area contributed by atoms with Gasteiger partial charge in [-0.25, -0.2) is 0 Å². The Balaban J connectivity index is 3.59. The smallest absolute Gasteiger partial charge is 0.0685 e. The van der Waals surface area contributed by atoms with Crippen LogP contribution in [0, 0.1) is 0 Å². The van der Waals surface area contributed by atoms with E-state index in [2.05, 4.69) is 25.5 Å². The summed E-state index contributed by atoms with van der Waals surface area (Å²) in [5, 5.41) is 10.3. The summed E-state index contributed by atoms with van der Waals surface area (Å²) in [6, 6.07) is -0.0748. The molecule has 0 aliphatic carbocycles. The average molecular weight is 193 g/mol. The molecule has 2 N–H and O–H groups in total. The second kappa shape index (κ2) is 5.09. The van der Waals surface area contributed by atoms with Crippen molar-refractivity contribution >= 4 is 29.5 Å². The number of hydrogen-bond donors (Lipinski definition) is 2. The van der Waals surface area contributed by atoms with Crippen molar-refractivity contribution in [2.24, 2.45) is 0 Å². The molecule has 0 radical (unpaired) electrons. The van der Waals surface area contributed by atoms with Crippen LogP contribution in [0.1, 0.15) is 20.8 Å². The Morgan fingerprint density at radius 3 is 2.45 bits per heavy atom. The molecule has 0 heterocycles. The number of nitrogens with one attached hydrogen (secondary N) is 1. The highest BCUT2D eigenvalue weighted by molar-refractivity contribution is 7.98. The minimum atomic E-state index is -0.0748. The highest BCUT2D eigenvalue weighted by Gasteiger charge is 2.12. The van der Waals surface area contributed by atoms with Gasteiger partial charge in [-0.15, -0.1) is 0 Å². The summed E-state index contributed by atoms with van der Waals surface area (Å²) in [5.74, 6) is 0. The van der Waals surface area contributed by atoms with Crippen molar-refractivity contribution in [1.82, 2.24) is 4.72 Å². The van der Waals surface area contributed by atoms with Crippen LogP contribution < -0.4 is 4.72 Å². The first-order valence-electron chi connectivity index (χ1n) is 3.49. The van der Waals surface area contributed by atoms with Crippen molar-refractivity contribution in [3.8, 4) is 0 Å². The van der Waals surface area contributed by atoms with Gasteiger partial charge in [-0.05, 0) is 26.1 Å². The summed E-state index contributed by atoms with van der Waals surface area (Å²) < 4.78 is 3.22. The van der Waals surface area contributed by atoms with Crippen molar-refractivity contribution in [2.45, 2.75) is 31.6 Å². The number of aliphatic hydroxyl groups is 1. The van der Waals surface area contributed by atoms with Gasteiger partial charge in [0.05, 0.1) is 12.6 Å². The minimum absolute atomic E-state index is 0.0621. The molecule has 0 unspecified atom stereocenters. The molecule has 0 rings (SSSR count). The van der Waals surface area contributed by atoms with Crippen LogP contribution in [0.2, 0.25) is 0 Å². The van der Waals surface area contributed by atoms with Crippen molar-refractivity contribution < 1.29 is 5.11 Å². The van der Waals surface area contributed by atoms with Gasteiger partial charge in [0.2, 0.25) is 0 Å². The Kier molecular flexibility index (Phi) is 5.25. The van der Waals surface area contributed by atoms with Gasteiger partial charge in [0.15, 0.2) is 0 Å². The van der Waals surface area contributed by atoms with E-state index >= 15 is 0 Å². The van der Waals surface area contributed by atoms with Gasteiger partial charge in [0, 0.05) is 4.75 Å². The summed E-state index contributed by atoms with van der Waals surface area (Å²) in [5.41, 5.74) is 0. The first-order valence-corrected chi connectivity index (χ1v) is 4.78. The summed E-state index contributed by atoms with van der Waals surface area (Å²) in [7, 11) is 0. The van der Waals surface area contributed by atoms with Gasteiger partial charge in [0.25, 0.3) is 0 Å². The summed E-state index contributed by atoms with van der Waals surface area (Å²) in [6.07, 6.45) is 0. The molecule has 66 valence electrons. The fraction of sp³-hybridized carbons (Fsp3) is 0.857. The van der Waals surface area contributed by atoms with E-state index in [4.69, 9.17) is 17.3 Å². The quantitative estimate of drug-likeness (QED) is 0.522. The maximum Gasteiger partial charge on any atom is 0.0685 e. The van der Waals surface area contributed by atoms with Crippen molar-refractivity contribution in [3.63, 3.8) is 0 Å². The summed E-state index contributed by atoms with van der Waals surface area (Å²) >= 11 is 6.28. The van der Waals surface area contributed by atoms with Gasteiger partial charge < -0.3 is 5.11 Å². The zero-order valence-corrected chi connectivity index (χ0v) is 8.76. The highest BCUT2D eigenvalue weighted by atomic mass is 32.2. The van der Waals surface area contributed by atoms with Crippen LogP contribution in [0.25, 0.3) is 0 Å². The van der Waals surface area contributed by atoms with Crippen molar-refractivity contribution in [1.29, 1.82) is 0 Å². The van der Waals surface area contributed by atoms with E-state index in [1.807, 2.05) is 0 Å². The molecule has 0 aromatic rings. The normalized spacial score (nSPS) is 14.5. The Bertz CT molecular complexity index is 122. The third-order valence-electron chi connectivity index (χ3n) is 0.877. The van der Waals surface area contributed by atoms with Crippen molar-refractivity contribution in [3.05, 3.63) is 0 Å². The Labute approximate surface area is 77.9 Å². The summed E-state index contributed by atoms with van der Waals surface area (Å²) in [6.45, 7) is 6.36. The molecule has 2 nitrogen and oxygen atoms in total. The lowest BCUT2D eigenvalue weighted by Crippen LogP contribution is -2.31. The van der Waals surface area contributed by atoms with Crippen LogP contribution >= 0.6 is 24.2 Å². The lowest BCUT2D eigenvalue weighted by atomic mass is 10.3. The molecule has 0 spiro atoms. The van der Waals surface area contributed by atoms with Gasteiger partial charge >= 0.3 is 0 Å². The Hall–Kier alpha value is 0.360. The van der Waals surface area contributed by atoms with E-state index < -0.39 is 0 Å². The van der Waals surface area contributed by atoms with Gasteiger partial charge in [0.1, 0.15) is 0 Å². The number of aliphatic hydroxyl groups excluding tert-OH is 1. The lowest BCUT2D eigenvalue weighted by Gasteiger charge is -2.20. The first-order chi connectivity index (χ1) is 4.99. The van der Waals surface area contributed by atoms with Gasteiger partial charge in [-0.3, -0.25) is 4.72 Å². The van der Waals surface area contributed by atoms with Gasteiger partial charge in [-0.1, -0.05) is 24.2 Å². The van der Waals surface area contributed by atoms with Crippen molar-refractivity contribution in [2.75, 3.05) is 6.61 Å². The van der Waals surface area contributed by atoms with E-state index in [1.165, 1.54) is 0 Å².